The molecule has 1 amide bonds. The quantitative estimate of drug-likeness (QED) is 0.588. The van der Waals surface area contributed by atoms with Crippen molar-refractivity contribution >= 4 is 15.7 Å². The van der Waals surface area contributed by atoms with Crippen molar-refractivity contribution < 1.29 is 13.2 Å². The maximum atomic E-state index is 11.4. The lowest BCUT2D eigenvalue weighted by Crippen LogP contribution is -2.40. The second-order valence-electron chi connectivity index (χ2n) is 4.17. The van der Waals surface area contributed by atoms with Crippen molar-refractivity contribution in [1.82, 2.24) is 10.6 Å². The minimum absolute atomic E-state index is 0.0835. The lowest BCUT2D eigenvalue weighted by molar-refractivity contribution is -0.120. The van der Waals surface area contributed by atoms with E-state index in [2.05, 4.69) is 17.6 Å². The summed E-state index contributed by atoms with van der Waals surface area (Å²) in [4.78, 5) is 11.4. The Balaban J connectivity index is 3.65. The lowest BCUT2D eigenvalue weighted by Gasteiger charge is -2.12. The van der Waals surface area contributed by atoms with E-state index in [0.717, 1.165) is 12.8 Å². The van der Waals surface area contributed by atoms with Crippen LogP contribution in [0.3, 0.4) is 0 Å². The monoisotopic (exact) mass is 264 g/mol. The summed E-state index contributed by atoms with van der Waals surface area (Å²) in [6.07, 6.45) is 1.99. The summed E-state index contributed by atoms with van der Waals surface area (Å²) in [6, 6.07) is 0.175. The van der Waals surface area contributed by atoms with E-state index in [4.69, 9.17) is 0 Å². The van der Waals surface area contributed by atoms with Crippen LogP contribution in [-0.2, 0) is 14.6 Å². The molecule has 1 atom stereocenters. The van der Waals surface area contributed by atoms with Crippen molar-refractivity contribution in [1.29, 1.82) is 0 Å². The van der Waals surface area contributed by atoms with Crippen molar-refractivity contribution in [2.24, 2.45) is 0 Å². The van der Waals surface area contributed by atoms with Crippen LogP contribution >= 0.6 is 0 Å². The zero-order valence-electron chi connectivity index (χ0n) is 11.0. The van der Waals surface area contributed by atoms with Gasteiger partial charge in [0.05, 0.1) is 12.3 Å². The van der Waals surface area contributed by atoms with Crippen LogP contribution in [0.4, 0.5) is 0 Å². The molecule has 0 heterocycles. The molecule has 2 N–H and O–H groups in total. The molecule has 0 aromatic heterocycles. The Hall–Kier alpha value is -0.620. The van der Waals surface area contributed by atoms with Gasteiger partial charge in [-0.1, -0.05) is 20.3 Å². The molecule has 0 aliphatic rings. The van der Waals surface area contributed by atoms with E-state index in [0.29, 0.717) is 6.54 Å². The van der Waals surface area contributed by atoms with Crippen LogP contribution in [0, 0.1) is 0 Å². The maximum absolute atomic E-state index is 11.4. The standard InChI is InChI=1S/C11H24N2O3S/c1-4-6-10(3)13-11(14)9-12-7-8-17(15,16)5-2/h10,12H,4-9H2,1-3H3,(H,13,14). The molecule has 0 saturated heterocycles. The Morgan fingerprint density at radius 1 is 1.29 bits per heavy atom. The van der Waals surface area contributed by atoms with Gasteiger partial charge < -0.3 is 10.6 Å². The first-order chi connectivity index (χ1) is 7.91. The molecule has 5 nitrogen and oxygen atoms in total. The van der Waals surface area contributed by atoms with Gasteiger partial charge in [-0.2, -0.15) is 0 Å². The summed E-state index contributed by atoms with van der Waals surface area (Å²) >= 11 is 0. The third-order valence-corrected chi connectivity index (χ3v) is 4.15. The lowest BCUT2D eigenvalue weighted by atomic mass is 10.2. The Labute approximate surface area is 104 Å². The fraction of sp³-hybridized carbons (Fsp3) is 0.909. The Kier molecular flexibility index (Phi) is 8.16. The summed E-state index contributed by atoms with van der Waals surface area (Å²) in [5.74, 6) is 0.148. The molecule has 0 fully saturated rings. The van der Waals surface area contributed by atoms with E-state index in [-0.39, 0.29) is 30.0 Å². The highest BCUT2D eigenvalue weighted by Crippen LogP contribution is 1.93. The Morgan fingerprint density at radius 2 is 1.94 bits per heavy atom. The van der Waals surface area contributed by atoms with Gasteiger partial charge in [-0.3, -0.25) is 4.79 Å². The van der Waals surface area contributed by atoms with E-state index >= 15 is 0 Å². The molecule has 1 unspecified atom stereocenters. The molecule has 0 aromatic carbocycles. The van der Waals surface area contributed by atoms with Crippen LogP contribution < -0.4 is 10.6 Å². The SMILES string of the molecule is CCCC(C)NC(=O)CNCCS(=O)(=O)CC. The highest BCUT2D eigenvalue weighted by atomic mass is 32.2. The van der Waals surface area contributed by atoms with E-state index in [1.54, 1.807) is 6.92 Å². The van der Waals surface area contributed by atoms with Crippen molar-refractivity contribution in [3.63, 3.8) is 0 Å². The van der Waals surface area contributed by atoms with Gasteiger partial charge in [-0.05, 0) is 13.3 Å². The fourth-order valence-electron chi connectivity index (χ4n) is 1.40. The van der Waals surface area contributed by atoms with Crippen molar-refractivity contribution in [3.8, 4) is 0 Å². The van der Waals surface area contributed by atoms with Gasteiger partial charge >= 0.3 is 0 Å². The second kappa shape index (κ2) is 8.47. The third-order valence-electron chi connectivity index (χ3n) is 2.44. The summed E-state index contributed by atoms with van der Waals surface area (Å²) in [5, 5.41) is 5.67. The number of carbonyl (C=O) groups excluding carboxylic acids is 1. The molecule has 0 bridgehead atoms. The highest BCUT2D eigenvalue weighted by molar-refractivity contribution is 7.91. The Morgan fingerprint density at radius 3 is 2.47 bits per heavy atom. The minimum atomic E-state index is -2.94. The van der Waals surface area contributed by atoms with Gasteiger partial charge in [0.15, 0.2) is 9.84 Å². The number of nitrogens with one attached hydrogen (secondary N) is 2. The summed E-state index contributed by atoms with van der Waals surface area (Å²) < 4.78 is 22.3. The van der Waals surface area contributed by atoms with Crippen LogP contribution in [0.25, 0.3) is 0 Å². The predicted octanol–water partition coefficient (Wildman–Crippen LogP) is 0.316. The second-order valence-corrected chi connectivity index (χ2v) is 6.64. The number of amides is 1. The third kappa shape index (κ3) is 9.12. The van der Waals surface area contributed by atoms with Gasteiger partial charge in [0, 0.05) is 18.3 Å². The number of hydrogen-bond donors (Lipinski definition) is 2. The van der Waals surface area contributed by atoms with E-state index in [1.807, 2.05) is 6.92 Å². The van der Waals surface area contributed by atoms with Crippen LogP contribution in [0.2, 0.25) is 0 Å². The maximum Gasteiger partial charge on any atom is 0.234 e. The number of rotatable bonds is 9. The van der Waals surface area contributed by atoms with Crippen LogP contribution in [0.5, 0.6) is 0 Å². The van der Waals surface area contributed by atoms with E-state index in [9.17, 15) is 13.2 Å². The van der Waals surface area contributed by atoms with Crippen molar-refractivity contribution in [2.45, 2.75) is 39.7 Å². The van der Waals surface area contributed by atoms with E-state index in [1.165, 1.54) is 0 Å². The van der Waals surface area contributed by atoms with Crippen LogP contribution in [0.1, 0.15) is 33.6 Å². The molecule has 0 saturated carbocycles. The van der Waals surface area contributed by atoms with Crippen LogP contribution in [0.15, 0.2) is 0 Å². The van der Waals surface area contributed by atoms with Gasteiger partial charge in [-0.25, -0.2) is 8.42 Å². The molecule has 0 aromatic rings. The molecule has 0 spiro atoms. The van der Waals surface area contributed by atoms with Gasteiger partial charge in [0.2, 0.25) is 5.91 Å². The van der Waals surface area contributed by atoms with Gasteiger partial charge in [0.1, 0.15) is 0 Å². The van der Waals surface area contributed by atoms with Gasteiger partial charge in [-0.15, -0.1) is 0 Å². The minimum Gasteiger partial charge on any atom is -0.353 e. The smallest absolute Gasteiger partial charge is 0.234 e. The number of sulfone groups is 1. The predicted molar refractivity (Wildman–Crippen MR) is 69.7 cm³/mol. The molecule has 0 aliphatic carbocycles. The number of carbonyl (C=O) groups is 1. The molecule has 17 heavy (non-hydrogen) atoms. The summed E-state index contributed by atoms with van der Waals surface area (Å²) in [5.41, 5.74) is 0. The topological polar surface area (TPSA) is 75.3 Å². The zero-order valence-corrected chi connectivity index (χ0v) is 11.8. The first-order valence-corrected chi connectivity index (χ1v) is 7.94. The summed E-state index contributed by atoms with van der Waals surface area (Å²) in [7, 11) is -2.94. The molecule has 102 valence electrons. The largest absolute Gasteiger partial charge is 0.353 e. The normalized spacial score (nSPS) is 13.4. The highest BCUT2D eigenvalue weighted by Gasteiger charge is 2.08. The number of hydrogen-bond acceptors (Lipinski definition) is 4. The first-order valence-electron chi connectivity index (χ1n) is 6.11. The Bertz CT molecular complexity index is 315. The average molecular weight is 264 g/mol. The molecule has 0 rings (SSSR count). The van der Waals surface area contributed by atoms with Crippen molar-refractivity contribution in [3.05, 3.63) is 0 Å². The summed E-state index contributed by atoms with van der Waals surface area (Å²) in [6.45, 7) is 6.15. The van der Waals surface area contributed by atoms with E-state index < -0.39 is 9.84 Å². The molecule has 6 heteroatoms. The average Bonchev–Trinajstić information content (AvgIpc) is 2.25. The molecular formula is C11H24N2O3S. The first kappa shape index (κ1) is 16.4. The fourth-order valence-corrected chi connectivity index (χ4v) is 2.15. The van der Waals surface area contributed by atoms with Gasteiger partial charge in [0.25, 0.3) is 0 Å². The van der Waals surface area contributed by atoms with Crippen molar-refractivity contribution in [2.75, 3.05) is 24.6 Å². The molecule has 0 radical (unpaired) electrons. The molecule has 0 aliphatic heterocycles. The van der Waals surface area contributed by atoms with Crippen LogP contribution in [-0.4, -0.2) is 45.0 Å². The zero-order chi connectivity index (χ0) is 13.3. The molecular weight excluding hydrogens is 240 g/mol.